The number of rotatable bonds is 13. The molecule has 0 rings (SSSR count). The van der Waals surface area contributed by atoms with E-state index in [1.807, 2.05) is 6.08 Å². The van der Waals surface area contributed by atoms with Gasteiger partial charge in [0, 0.05) is 0 Å². The van der Waals surface area contributed by atoms with Crippen molar-refractivity contribution < 1.29 is 5.11 Å². The van der Waals surface area contributed by atoms with Crippen molar-refractivity contribution in [2.45, 2.75) is 92.9 Å². The molecule has 0 aliphatic carbocycles. The molecule has 1 N–H and O–H groups in total. The van der Waals surface area contributed by atoms with E-state index in [1.54, 1.807) is 0 Å². The standard InChI is InChI=1S/C25H42O/c1-21(2)11-7-12-22(3)13-8-14-23(4)15-9-16-24(5)17-10-18-25(6)19-20-26/h11,13,15,17,19,26H,7-10,12,14,16,18,20H2,1-6H3/b22-13+,23-15?,24-17?,25-19?. The van der Waals surface area contributed by atoms with E-state index in [0.717, 1.165) is 32.1 Å². The Balaban J connectivity index is 4.03. The predicted molar refractivity (Wildman–Crippen MR) is 118 cm³/mol. The Morgan fingerprint density at radius 1 is 0.500 bits per heavy atom. The molecule has 1 nitrogen and oxygen atoms in total. The fourth-order valence-corrected chi connectivity index (χ4v) is 2.79. The first-order valence-corrected chi connectivity index (χ1v) is 10.2. The topological polar surface area (TPSA) is 20.2 Å². The summed E-state index contributed by atoms with van der Waals surface area (Å²) < 4.78 is 0. The first-order valence-electron chi connectivity index (χ1n) is 10.2. The van der Waals surface area contributed by atoms with Gasteiger partial charge in [0.2, 0.25) is 0 Å². The van der Waals surface area contributed by atoms with Gasteiger partial charge in [-0.25, -0.2) is 0 Å². The predicted octanol–water partition coefficient (Wildman–Crippen LogP) is 7.85. The van der Waals surface area contributed by atoms with E-state index in [4.69, 9.17) is 5.11 Å². The SMILES string of the molecule is CC(C)=CCC/C(C)=C/CCC(C)=CCCC(C)=CCCC(C)=CCO. The Kier molecular flexibility index (Phi) is 15.1. The fourth-order valence-electron chi connectivity index (χ4n) is 2.79. The van der Waals surface area contributed by atoms with E-state index in [1.165, 1.54) is 47.1 Å². The molecule has 0 saturated heterocycles. The van der Waals surface area contributed by atoms with Gasteiger partial charge in [-0.2, -0.15) is 0 Å². The molecule has 1 heteroatoms. The second-order valence-electron chi connectivity index (χ2n) is 7.82. The van der Waals surface area contributed by atoms with Crippen LogP contribution in [-0.4, -0.2) is 11.7 Å². The quantitative estimate of drug-likeness (QED) is 0.332. The molecule has 0 saturated carbocycles. The minimum absolute atomic E-state index is 0.156. The number of hydrogen-bond donors (Lipinski definition) is 1. The third-order valence-electron chi connectivity index (χ3n) is 4.63. The molecule has 0 atom stereocenters. The summed E-state index contributed by atoms with van der Waals surface area (Å²) in [5, 5.41) is 8.86. The van der Waals surface area contributed by atoms with Gasteiger partial charge < -0.3 is 5.11 Å². The van der Waals surface area contributed by atoms with Crippen LogP contribution in [0.4, 0.5) is 0 Å². The largest absolute Gasteiger partial charge is 0.392 e. The van der Waals surface area contributed by atoms with Gasteiger partial charge in [0.15, 0.2) is 0 Å². The highest BCUT2D eigenvalue weighted by atomic mass is 16.2. The lowest BCUT2D eigenvalue weighted by atomic mass is 10.0. The van der Waals surface area contributed by atoms with Crippen molar-refractivity contribution in [3.05, 3.63) is 58.2 Å². The summed E-state index contributed by atoms with van der Waals surface area (Å²) in [5.41, 5.74) is 7.18. The molecule has 0 aliphatic heterocycles. The molecule has 0 bridgehead atoms. The Labute approximate surface area is 163 Å². The average Bonchev–Trinajstić information content (AvgIpc) is 2.54. The summed E-state index contributed by atoms with van der Waals surface area (Å²) in [4.78, 5) is 0. The van der Waals surface area contributed by atoms with Crippen molar-refractivity contribution in [2.24, 2.45) is 0 Å². The summed E-state index contributed by atoms with van der Waals surface area (Å²) in [5.74, 6) is 0. The molecule has 0 heterocycles. The molecule has 0 radical (unpaired) electrons. The van der Waals surface area contributed by atoms with Crippen LogP contribution in [0, 0.1) is 0 Å². The summed E-state index contributed by atoms with van der Waals surface area (Å²) in [6.07, 6.45) is 20.5. The molecule has 0 aromatic heterocycles. The van der Waals surface area contributed by atoms with Gasteiger partial charge in [-0.05, 0) is 92.9 Å². The van der Waals surface area contributed by atoms with Gasteiger partial charge in [0.25, 0.3) is 0 Å². The number of aliphatic hydroxyl groups excluding tert-OH is 1. The van der Waals surface area contributed by atoms with Crippen LogP contribution in [0.2, 0.25) is 0 Å². The van der Waals surface area contributed by atoms with Crippen molar-refractivity contribution >= 4 is 0 Å². The molecule has 0 amide bonds. The van der Waals surface area contributed by atoms with Crippen LogP contribution in [-0.2, 0) is 0 Å². The molecule has 0 unspecified atom stereocenters. The summed E-state index contributed by atoms with van der Waals surface area (Å²) in [6, 6.07) is 0. The van der Waals surface area contributed by atoms with E-state index < -0.39 is 0 Å². The lowest BCUT2D eigenvalue weighted by Crippen LogP contribution is -1.83. The van der Waals surface area contributed by atoms with Gasteiger partial charge in [-0.1, -0.05) is 58.2 Å². The zero-order valence-electron chi connectivity index (χ0n) is 18.2. The van der Waals surface area contributed by atoms with Crippen LogP contribution in [0.1, 0.15) is 92.9 Å². The van der Waals surface area contributed by atoms with Crippen LogP contribution in [0.15, 0.2) is 58.2 Å². The number of hydrogen-bond acceptors (Lipinski definition) is 1. The summed E-state index contributed by atoms with van der Waals surface area (Å²) in [6.45, 7) is 13.3. The fraction of sp³-hybridized carbons (Fsp3) is 0.600. The van der Waals surface area contributed by atoms with E-state index >= 15 is 0 Å². The van der Waals surface area contributed by atoms with Crippen LogP contribution in [0.25, 0.3) is 0 Å². The van der Waals surface area contributed by atoms with Crippen molar-refractivity contribution in [3.8, 4) is 0 Å². The Hall–Kier alpha value is -1.34. The van der Waals surface area contributed by atoms with Gasteiger partial charge in [-0.3, -0.25) is 0 Å². The number of allylic oxidation sites excluding steroid dienone is 9. The number of aliphatic hydroxyl groups is 1. The molecule has 0 fully saturated rings. The third-order valence-corrected chi connectivity index (χ3v) is 4.63. The van der Waals surface area contributed by atoms with Gasteiger partial charge >= 0.3 is 0 Å². The molecule has 148 valence electrons. The Morgan fingerprint density at radius 2 is 0.808 bits per heavy atom. The maximum absolute atomic E-state index is 8.86. The monoisotopic (exact) mass is 358 g/mol. The minimum atomic E-state index is 0.156. The second-order valence-corrected chi connectivity index (χ2v) is 7.82. The lowest BCUT2D eigenvalue weighted by Gasteiger charge is -2.03. The van der Waals surface area contributed by atoms with Gasteiger partial charge in [-0.15, -0.1) is 0 Å². The molecule has 0 aromatic carbocycles. The molecular formula is C25H42O. The maximum Gasteiger partial charge on any atom is 0.0614 e. The van der Waals surface area contributed by atoms with E-state index in [2.05, 4.69) is 65.8 Å². The van der Waals surface area contributed by atoms with Crippen LogP contribution in [0.5, 0.6) is 0 Å². The smallest absolute Gasteiger partial charge is 0.0614 e. The Morgan fingerprint density at radius 3 is 1.12 bits per heavy atom. The Bertz CT molecular complexity index is 522. The lowest BCUT2D eigenvalue weighted by molar-refractivity contribution is 0.341. The van der Waals surface area contributed by atoms with E-state index in [0.29, 0.717) is 0 Å². The maximum atomic E-state index is 8.86. The third kappa shape index (κ3) is 16.1. The second kappa shape index (κ2) is 15.9. The normalized spacial score (nSPS) is 14.0. The minimum Gasteiger partial charge on any atom is -0.392 e. The summed E-state index contributed by atoms with van der Waals surface area (Å²) in [7, 11) is 0. The van der Waals surface area contributed by atoms with Gasteiger partial charge in [0.05, 0.1) is 6.61 Å². The van der Waals surface area contributed by atoms with E-state index in [-0.39, 0.29) is 6.61 Å². The highest BCUT2D eigenvalue weighted by Crippen LogP contribution is 2.14. The van der Waals surface area contributed by atoms with Crippen LogP contribution in [0.3, 0.4) is 0 Å². The molecular weight excluding hydrogens is 316 g/mol. The molecule has 0 spiro atoms. The molecule has 0 aromatic rings. The van der Waals surface area contributed by atoms with Gasteiger partial charge in [0.1, 0.15) is 0 Å². The molecule has 0 aliphatic rings. The zero-order valence-corrected chi connectivity index (χ0v) is 18.2. The molecule has 26 heavy (non-hydrogen) atoms. The van der Waals surface area contributed by atoms with Crippen LogP contribution < -0.4 is 0 Å². The zero-order chi connectivity index (χ0) is 19.8. The summed E-state index contributed by atoms with van der Waals surface area (Å²) >= 11 is 0. The van der Waals surface area contributed by atoms with Crippen molar-refractivity contribution in [1.82, 2.24) is 0 Å². The highest BCUT2D eigenvalue weighted by Gasteiger charge is 1.94. The van der Waals surface area contributed by atoms with E-state index in [9.17, 15) is 0 Å². The highest BCUT2D eigenvalue weighted by molar-refractivity contribution is 5.08. The van der Waals surface area contributed by atoms with Crippen molar-refractivity contribution in [1.29, 1.82) is 0 Å². The van der Waals surface area contributed by atoms with Crippen LogP contribution >= 0.6 is 0 Å². The van der Waals surface area contributed by atoms with Crippen molar-refractivity contribution in [3.63, 3.8) is 0 Å². The first kappa shape index (κ1) is 24.7. The average molecular weight is 359 g/mol. The first-order chi connectivity index (χ1) is 12.3. The van der Waals surface area contributed by atoms with Crippen molar-refractivity contribution in [2.75, 3.05) is 6.61 Å².